The Labute approximate surface area is 171 Å². The Hall–Kier alpha value is -2.48. The van der Waals surface area contributed by atoms with Crippen molar-refractivity contribution in [3.05, 3.63) is 53.7 Å². The summed E-state index contributed by atoms with van der Waals surface area (Å²) in [5.74, 6) is 1.35. The van der Waals surface area contributed by atoms with E-state index in [4.69, 9.17) is 10.5 Å². The molecule has 0 unspecified atom stereocenters. The quantitative estimate of drug-likeness (QED) is 0.473. The van der Waals surface area contributed by atoms with E-state index < -0.39 is 16.5 Å². The van der Waals surface area contributed by atoms with E-state index in [1.54, 1.807) is 0 Å². The predicted molar refractivity (Wildman–Crippen MR) is 118 cm³/mol. The minimum absolute atomic E-state index is 0.217. The molecule has 0 aliphatic carbocycles. The van der Waals surface area contributed by atoms with Gasteiger partial charge in [0.1, 0.15) is 5.75 Å². The largest absolute Gasteiger partial charge is 0.494 e. The summed E-state index contributed by atoms with van der Waals surface area (Å²) in [6.07, 6.45) is 3.36. The molecule has 4 rings (SSSR count). The zero-order valence-corrected chi connectivity index (χ0v) is 17.2. The number of primary amides is 1. The number of rotatable bonds is 5. The second kappa shape index (κ2) is 7.74. The number of benzene rings is 2. The Morgan fingerprint density at radius 1 is 1.21 bits per heavy atom. The molecule has 0 radical (unpaired) electrons. The molecule has 1 saturated heterocycles. The summed E-state index contributed by atoms with van der Waals surface area (Å²) in [5.41, 5.74) is 9.81. The van der Waals surface area contributed by atoms with Crippen LogP contribution < -0.4 is 10.5 Å². The molecule has 0 bridgehead atoms. The van der Waals surface area contributed by atoms with Crippen LogP contribution in [0.1, 0.15) is 41.6 Å². The number of ether oxygens (including phenoxy) is 1. The molecule has 1 aliphatic rings. The molecule has 5 N–H and O–H groups in total. The van der Waals surface area contributed by atoms with E-state index in [-0.39, 0.29) is 5.92 Å². The van der Waals surface area contributed by atoms with Crippen LogP contribution >= 0.6 is 10.6 Å². The molecule has 0 atom stereocenters. The van der Waals surface area contributed by atoms with Crippen LogP contribution in [0, 0.1) is 0 Å². The van der Waals surface area contributed by atoms with Crippen molar-refractivity contribution in [1.82, 2.24) is 4.98 Å². The molecule has 3 aromatic rings. The van der Waals surface area contributed by atoms with E-state index in [1.165, 1.54) is 0 Å². The van der Waals surface area contributed by atoms with Crippen LogP contribution in [0.15, 0.2) is 42.6 Å². The number of nitrogens with two attached hydrogens (primary N) is 1. The van der Waals surface area contributed by atoms with Crippen LogP contribution in [0.4, 0.5) is 0 Å². The Morgan fingerprint density at radius 3 is 2.66 bits per heavy atom. The molecule has 154 valence electrons. The van der Waals surface area contributed by atoms with Crippen LogP contribution in [-0.2, 0) is 0 Å². The smallest absolute Gasteiger partial charge is 0.250 e. The van der Waals surface area contributed by atoms with E-state index in [1.807, 2.05) is 43.5 Å². The Balaban J connectivity index is 1.81. The summed E-state index contributed by atoms with van der Waals surface area (Å²) in [5, 5.41) is 0.960. The highest BCUT2D eigenvalue weighted by molar-refractivity contribution is 8.24. The number of amides is 1. The first-order valence-corrected chi connectivity index (χ1v) is 11.7. The van der Waals surface area contributed by atoms with Crippen LogP contribution in [-0.4, -0.2) is 38.1 Å². The lowest BCUT2D eigenvalue weighted by Crippen LogP contribution is -2.19. The highest BCUT2D eigenvalue weighted by atomic mass is 32.3. The number of hydrogen-bond acceptors (Lipinski definition) is 4. The highest BCUT2D eigenvalue weighted by Crippen LogP contribution is 2.49. The number of hydrogen-bond donors (Lipinski definition) is 4. The van der Waals surface area contributed by atoms with E-state index in [0.717, 1.165) is 33.3 Å². The van der Waals surface area contributed by atoms with Crippen LogP contribution in [0.5, 0.6) is 5.75 Å². The number of fused-ring (bicyclic) bond motifs is 1. The van der Waals surface area contributed by atoms with Crippen molar-refractivity contribution in [2.24, 2.45) is 5.73 Å². The highest BCUT2D eigenvalue weighted by Gasteiger charge is 2.27. The van der Waals surface area contributed by atoms with Gasteiger partial charge in [0.25, 0.3) is 5.91 Å². The summed E-state index contributed by atoms with van der Waals surface area (Å²) in [7, 11) is -2.44. The fourth-order valence-electron chi connectivity index (χ4n) is 4.10. The summed E-state index contributed by atoms with van der Waals surface area (Å²) in [4.78, 5) is 15.4. The lowest BCUT2D eigenvalue weighted by atomic mass is 9.91. The van der Waals surface area contributed by atoms with Gasteiger partial charge in [-0.1, -0.05) is 12.1 Å². The first-order chi connectivity index (χ1) is 13.9. The van der Waals surface area contributed by atoms with Crippen molar-refractivity contribution in [2.75, 3.05) is 18.1 Å². The first kappa shape index (κ1) is 19.8. The summed E-state index contributed by atoms with van der Waals surface area (Å²) >= 11 is 0. The van der Waals surface area contributed by atoms with Crippen molar-refractivity contribution < 1.29 is 18.6 Å². The average molecular weight is 415 g/mol. The number of H-pyrrole nitrogens is 1. The minimum Gasteiger partial charge on any atom is -0.494 e. The number of carbonyl (C=O) groups excluding carboxylic acids is 1. The normalized spacial score (nSPS) is 17.9. The Kier molecular flexibility index (Phi) is 5.29. The molecule has 1 fully saturated rings. The molecule has 1 amide bonds. The Morgan fingerprint density at radius 2 is 1.97 bits per heavy atom. The zero-order chi connectivity index (χ0) is 20.6. The third-order valence-corrected chi connectivity index (χ3v) is 7.37. The summed E-state index contributed by atoms with van der Waals surface area (Å²) < 4.78 is 25.5. The van der Waals surface area contributed by atoms with E-state index in [0.29, 0.717) is 36.5 Å². The van der Waals surface area contributed by atoms with Gasteiger partial charge in [0.2, 0.25) is 0 Å². The minimum atomic E-state index is -2.44. The van der Waals surface area contributed by atoms with Crippen molar-refractivity contribution in [2.45, 2.75) is 25.7 Å². The summed E-state index contributed by atoms with van der Waals surface area (Å²) in [6.45, 7) is 2.52. The fraction of sp³-hybridized carbons (Fsp3) is 0.318. The van der Waals surface area contributed by atoms with Crippen molar-refractivity contribution >= 4 is 27.4 Å². The second-order valence-electron chi connectivity index (χ2n) is 7.50. The molecular weight excluding hydrogens is 388 g/mol. The SMILES string of the molecule is CCOc1cccc(-c2cc(C(N)=O)c3[nH]cc(C4CCS(O)(O)CC4)c3c2)c1. The third kappa shape index (κ3) is 3.99. The van der Waals surface area contributed by atoms with Gasteiger partial charge in [-0.05, 0) is 66.6 Å². The number of aromatic amines is 1. The number of aromatic nitrogens is 1. The van der Waals surface area contributed by atoms with E-state index >= 15 is 0 Å². The van der Waals surface area contributed by atoms with Gasteiger partial charge in [-0.25, -0.2) is 0 Å². The third-order valence-electron chi connectivity index (χ3n) is 5.59. The maximum absolute atomic E-state index is 12.2. The zero-order valence-electron chi connectivity index (χ0n) is 16.4. The van der Waals surface area contributed by atoms with Crippen LogP contribution in [0.25, 0.3) is 22.0 Å². The van der Waals surface area contributed by atoms with Crippen molar-refractivity contribution in [3.8, 4) is 16.9 Å². The van der Waals surface area contributed by atoms with Crippen molar-refractivity contribution in [1.29, 1.82) is 0 Å². The standard InChI is InChI=1S/C22H26N2O4S/c1-2-28-17-5-3-4-15(10-17)16-11-18-20(14-6-8-29(26,27)9-7-14)13-24-21(18)19(12-16)22(23)25/h3-5,10-14,24,26-27H,2,6-9H2,1H3,(H2,23,25). The molecule has 29 heavy (non-hydrogen) atoms. The van der Waals surface area contributed by atoms with Gasteiger partial charge in [-0.3, -0.25) is 13.9 Å². The molecule has 0 spiro atoms. The van der Waals surface area contributed by atoms with Gasteiger partial charge in [-0.15, -0.1) is 0 Å². The number of nitrogens with one attached hydrogen (secondary N) is 1. The van der Waals surface area contributed by atoms with Gasteiger partial charge < -0.3 is 15.5 Å². The fourth-order valence-corrected chi connectivity index (χ4v) is 5.63. The van der Waals surface area contributed by atoms with E-state index in [9.17, 15) is 13.9 Å². The van der Waals surface area contributed by atoms with Gasteiger partial charge in [0, 0.05) is 23.1 Å². The average Bonchev–Trinajstić information content (AvgIpc) is 3.11. The van der Waals surface area contributed by atoms with Gasteiger partial charge in [-0.2, -0.15) is 10.6 Å². The van der Waals surface area contributed by atoms with Crippen LogP contribution in [0.2, 0.25) is 0 Å². The van der Waals surface area contributed by atoms with Gasteiger partial charge >= 0.3 is 0 Å². The second-order valence-corrected chi connectivity index (χ2v) is 9.92. The maximum atomic E-state index is 12.2. The van der Waals surface area contributed by atoms with Crippen LogP contribution in [0.3, 0.4) is 0 Å². The summed E-state index contributed by atoms with van der Waals surface area (Å²) in [6, 6.07) is 11.7. The lowest BCUT2D eigenvalue weighted by molar-refractivity contribution is 0.100. The molecule has 6 nitrogen and oxygen atoms in total. The monoisotopic (exact) mass is 414 g/mol. The topological polar surface area (TPSA) is 109 Å². The van der Waals surface area contributed by atoms with Gasteiger partial charge in [0.05, 0.1) is 17.7 Å². The van der Waals surface area contributed by atoms with Gasteiger partial charge in [0.15, 0.2) is 0 Å². The molecule has 1 aromatic heterocycles. The molecule has 7 heteroatoms. The number of carbonyl (C=O) groups is 1. The Bertz CT molecular complexity index is 1050. The molecule has 1 aliphatic heterocycles. The molecule has 2 aromatic carbocycles. The molecule has 2 heterocycles. The van der Waals surface area contributed by atoms with E-state index in [2.05, 4.69) is 11.1 Å². The predicted octanol–water partition coefficient (Wildman–Crippen LogP) is 4.96. The molecular formula is C22H26N2O4S. The maximum Gasteiger partial charge on any atom is 0.250 e. The van der Waals surface area contributed by atoms with Crippen molar-refractivity contribution in [3.63, 3.8) is 0 Å². The first-order valence-electron chi connectivity index (χ1n) is 9.79. The molecule has 0 saturated carbocycles. The lowest BCUT2D eigenvalue weighted by Gasteiger charge is -2.39.